The van der Waals surface area contributed by atoms with Gasteiger partial charge in [0.25, 0.3) is 5.91 Å². The maximum atomic E-state index is 12.1. The average molecular weight is 323 g/mol. The van der Waals surface area contributed by atoms with Gasteiger partial charge in [0.05, 0.1) is 10.6 Å². The minimum atomic E-state index is -1.04. The van der Waals surface area contributed by atoms with Crippen molar-refractivity contribution >= 4 is 46.0 Å². The average Bonchev–Trinajstić information content (AvgIpc) is 2.83. The Morgan fingerprint density at radius 1 is 1.43 bits per heavy atom. The number of benzene rings is 1. The summed E-state index contributed by atoms with van der Waals surface area (Å²) in [6.07, 6.45) is 3.90. The number of hydrogen-bond donors (Lipinski definition) is 2. The molecule has 2 rings (SSSR count). The van der Waals surface area contributed by atoms with Crippen LogP contribution in [0.1, 0.15) is 20.8 Å². The van der Waals surface area contributed by atoms with Crippen molar-refractivity contribution in [1.82, 2.24) is 4.98 Å². The first kappa shape index (κ1) is 15.2. The Bertz CT molecular complexity index is 725. The third-order valence-corrected chi connectivity index (χ3v) is 3.69. The highest BCUT2D eigenvalue weighted by atomic mass is 35.5. The predicted molar refractivity (Wildman–Crippen MR) is 82.9 cm³/mol. The number of rotatable bonds is 4. The Kier molecular flexibility index (Phi) is 4.72. The van der Waals surface area contributed by atoms with Crippen LogP contribution in [-0.2, 0) is 4.79 Å². The minimum Gasteiger partial charge on any atom is -0.478 e. The molecule has 108 valence electrons. The molecule has 21 heavy (non-hydrogen) atoms. The molecule has 0 aliphatic heterocycles. The van der Waals surface area contributed by atoms with Gasteiger partial charge in [0.15, 0.2) is 5.13 Å². The van der Waals surface area contributed by atoms with Gasteiger partial charge >= 0.3 is 5.97 Å². The van der Waals surface area contributed by atoms with Crippen molar-refractivity contribution in [2.45, 2.75) is 6.92 Å². The van der Waals surface area contributed by atoms with E-state index in [-0.39, 0.29) is 5.91 Å². The van der Waals surface area contributed by atoms with E-state index in [1.807, 2.05) is 6.92 Å². The first-order chi connectivity index (χ1) is 9.95. The van der Waals surface area contributed by atoms with Crippen LogP contribution in [0.25, 0.3) is 6.08 Å². The SMILES string of the molecule is Cc1ccc(C(=O)Nc2ncc(/C=C/C(=O)O)s2)c(Cl)c1. The highest BCUT2D eigenvalue weighted by Gasteiger charge is 2.12. The number of amides is 1. The van der Waals surface area contributed by atoms with Crippen LogP contribution in [0.2, 0.25) is 5.02 Å². The second-order valence-corrected chi connectivity index (χ2v) is 5.65. The summed E-state index contributed by atoms with van der Waals surface area (Å²) in [6.45, 7) is 1.88. The fourth-order valence-electron chi connectivity index (χ4n) is 1.54. The smallest absolute Gasteiger partial charge is 0.328 e. The van der Waals surface area contributed by atoms with Crippen molar-refractivity contribution < 1.29 is 14.7 Å². The summed E-state index contributed by atoms with van der Waals surface area (Å²) in [4.78, 5) is 27.1. The number of carboxylic acid groups (broad SMARTS) is 1. The molecule has 1 aromatic heterocycles. The largest absolute Gasteiger partial charge is 0.478 e. The first-order valence-electron chi connectivity index (χ1n) is 5.90. The van der Waals surface area contributed by atoms with Crippen LogP contribution < -0.4 is 5.32 Å². The molecule has 0 aliphatic carbocycles. The third-order valence-electron chi connectivity index (χ3n) is 2.50. The Balaban J connectivity index is 2.11. The van der Waals surface area contributed by atoms with Gasteiger partial charge in [-0.3, -0.25) is 10.1 Å². The fraction of sp³-hybridized carbons (Fsp3) is 0.0714. The van der Waals surface area contributed by atoms with Gasteiger partial charge in [0.1, 0.15) is 0 Å². The number of nitrogens with zero attached hydrogens (tertiary/aromatic N) is 1. The molecule has 1 heterocycles. The van der Waals surface area contributed by atoms with Crippen LogP contribution in [0, 0.1) is 6.92 Å². The van der Waals surface area contributed by atoms with Crippen LogP contribution >= 0.6 is 22.9 Å². The zero-order valence-electron chi connectivity index (χ0n) is 11.0. The number of aromatic nitrogens is 1. The van der Waals surface area contributed by atoms with E-state index in [4.69, 9.17) is 16.7 Å². The van der Waals surface area contributed by atoms with Crippen LogP contribution in [0.5, 0.6) is 0 Å². The summed E-state index contributed by atoms with van der Waals surface area (Å²) in [5, 5.41) is 11.9. The zero-order chi connectivity index (χ0) is 15.4. The minimum absolute atomic E-state index is 0.358. The number of aliphatic carboxylic acids is 1. The molecule has 1 aromatic carbocycles. The number of carbonyl (C=O) groups excluding carboxylic acids is 1. The van der Waals surface area contributed by atoms with Gasteiger partial charge in [-0.2, -0.15) is 0 Å². The molecule has 0 saturated carbocycles. The van der Waals surface area contributed by atoms with Gasteiger partial charge in [0.2, 0.25) is 0 Å². The maximum Gasteiger partial charge on any atom is 0.328 e. The van der Waals surface area contributed by atoms with Gasteiger partial charge in [-0.1, -0.05) is 29.0 Å². The highest BCUT2D eigenvalue weighted by molar-refractivity contribution is 7.16. The lowest BCUT2D eigenvalue weighted by atomic mass is 10.1. The van der Waals surface area contributed by atoms with Crippen molar-refractivity contribution in [3.8, 4) is 0 Å². The second-order valence-electron chi connectivity index (χ2n) is 4.18. The van der Waals surface area contributed by atoms with Crippen LogP contribution in [0.3, 0.4) is 0 Å². The molecule has 2 N–H and O–H groups in total. The number of anilines is 1. The standard InChI is InChI=1S/C14H11ClN2O3S/c1-8-2-4-10(11(15)6-8)13(20)17-14-16-7-9(21-14)3-5-12(18)19/h2-7H,1H3,(H,18,19)(H,16,17,20)/b5-3+. The highest BCUT2D eigenvalue weighted by Crippen LogP contribution is 2.22. The van der Waals surface area contributed by atoms with Crippen molar-refractivity contribution in [1.29, 1.82) is 0 Å². The van der Waals surface area contributed by atoms with E-state index in [1.54, 1.807) is 18.2 Å². The summed E-state index contributed by atoms with van der Waals surface area (Å²) in [7, 11) is 0. The van der Waals surface area contributed by atoms with Crippen LogP contribution in [-0.4, -0.2) is 22.0 Å². The van der Waals surface area contributed by atoms with Crippen LogP contribution in [0.4, 0.5) is 5.13 Å². The van der Waals surface area contributed by atoms with Crippen LogP contribution in [0.15, 0.2) is 30.5 Å². The number of carbonyl (C=O) groups is 2. The molecule has 2 aromatic rings. The topological polar surface area (TPSA) is 79.3 Å². The summed E-state index contributed by atoms with van der Waals surface area (Å²) < 4.78 is 0. The summed E-state index contributed by atoms with van der Waals surface area (Å²) in [6, 6.07) is 5.15. The maximum absolute atomic E-state index is 12.1. The first-order valence-corrected chi connectivity index (χ1v) is 7.09. The zero-order valence-corrected chi connectivity index (χ0v) is 12.5. The third kappa shape index (κ3) is 4.14. The van der Waals surface area contributed by atoms with Crippen molar-refractivity contribution in [3.05, 3.63) is 51.5 Å². The number of nitrogens with one attached hydrogen (secondary N) is 1. The molecular formula is C14H11ClN2O3S. The van der Waals surface area contributed by atoms with E-state index in [9.17, 15) is 9.59 Å². The number of carboxylic acids is 1. The number of halogens is 1. The summed E-state index contributed by atoms with van der Waals surface area (Å²) in [5.74, 6) is -1.40. The quantitative estimate of drug-likeness (QED) is 0.845. The van der Waals surface area contributed by atoms with Gasteiger partial charge in [-0.05, 0) is 30.7 Å². The summed E-state index contributed by atoms with van der Waals surface area (Å²) >= 11 is 7.20. The monoisotopic (exact) mass is 322 g/mol. The van der Waals surface area contributed by atoms with Gasteiger partial charge in [-0.15, -0.1) is 0 Å². The lowest BCUT2D eigenvalue weighted by molar-refractivity contribution is -0.131. The number of hydrogen-bond acceptors (Lipinski definition) is 4. The Hall–Kier alpha value is -2.18. The molecule has 0 unspecified atom stereocenters. The fourth-order valence-corrected chi connectivity index (χ4v) is 2.58. The molecule has 0 radical (unpaired) electrons. The van der Waals surface area contributed by atoms with Gasteiger partial charge in [-0.25, -0.2) is 9.78 Å². The lowest BCUT2D eigenvalue weighted by Gasteiger charge is -2.04. The number of thiazole rings is 1. The van der Waals surface area contributed by atoms with E-state index in [0.29, 0.717) is 20.6 Å². The number of aryl methyl sites for hydroxylation is 1. The van der Waals surface area contributed by atoms with E-state index in [0.717, 1.165) is 11.6 Å². The van der Waals surface area contributed by atoms with Gasteiger partial charge in [0, 0.05) is 17.2 Å². The molecule has 0 bridgehead atoms. The molecule has 0 fully saturated rings. The van der Waals surface area contributed by atoms with Crippen molar-refractivity contribution in [3.63, 3.8) is 0 Å². The molecule has 0 spiro atoms. The molecule has 0 saturated heterocycles. The molecule has 7 heteroatoms. The Labute approximate surface area is 129 Å². The lowest BCUT2D eigenvalue weighted by Crippen LogP contribution is -2.12. The molecule has 0 aliphatic rings. The Morgan fingerprint density at radius 2 is 2.19 bits per heavy atom. The second kappa shape index (κ2) is 6.51. The van der Waals surface area contributed by atoms with E-state index in [1.165, 1.54) is 23.6 Å². The molecular weight excluding hydrogens is 312 g/mol. The Morgan fingerprint density at radius 3 is 2.86 bits per heavy atom. The van der Waals surface area contributed by atoms with E-state index >= 15 is 0 Å². The predicted octanol–water partition coefficient (Wildman–Crippen LogP) is 3.46. The van der Waals surface area contributed by atoms with E-state index < -0.39 is 5.97 Å². The van der Waals surface area contributed by atoms with Crippen molar-refractivity contribution in [2.75, 3.05) is 5.32 Å². The normalized spacial score (nSPS) is 10.8. The van der Waals surface area contributed by atoms with Crippen molar-refractivity contribution in [2.24, 2.45) is 0 Å². The van der Waals surface area contributed by atoms with E-state index in [2.05, 4.69) is 10.3 Å². The molecule has 5 nitrogen and oxygen atoms in total. The molecule has 0 atom stereocenters. The molecule has 1 amide bonds. The summed E-state index contributed by atoms with van der Waals surface area (Å²) in [5.41, 5.74) is 1.33. The van der Waals surface area contributed by atoms with Gasteiger partial charge < -0.3 is 5.11 Å².